The predicted octanol–water partition coefficient (Wildman–Crippen LogP) is 4.81. The lowest BCUT2D eigenvalue weighted by molar-refractivity contribution is 0.0398. The molecule has 4 rings (SSSR count). The first-order valence-electron chi connectivity index (χ1n) is 10.1. The summed E-state index contributed by atoms with van der Waals surface area (Å²) >= 11 is 12.7. The maximum atomic E-state index is 6.35. The zero-order chi connectivity index (χ0) is 21.6. The molecule has 1 aromatic carbocycles. The van der Waals surface area contributed by atoms with Gasteiger partial charge < -0.3 is 19.2 Å². The Hall–Kier alpha value is -2.03. The number of hydrogen-bond donors (Lipinski definition) is 1. The van der Waals surface area contributed by atoms with Crippen molar-refractivity contribution < 1.29 is 13.9 Å². The molecule has 0 amide bonds. The first-order chi connectivity index (χ1) is 15.1. The Bertz CT molecular complexity index is 985. The van der Waals surface area contributed by atoms with Crippen LogP contribution < -0.4 is 10.1 Å². The van der Waals surface area contributed by atoms with Crippen LogP contribution in [0.3, 0.4) is 0 Å². The number of rotatable bonds is 8. The van der Waals surface area contributed by atoms with Gasteiger partial charge in [0, 0.05) is 55.0 Å². The predicted molar refractivity (Wildman–Crippen MR) is 129 cm³/mol. The standard InChI is InChI=1S/C22H24Cl2N4O3.ClH/c1-29-17-11-19(23)18(20(24)12-17)10-16-2-3-21(31-16)15-13-26-22(27-14-15)25-4-5-28-6-8-30-9-7-28;/h2-3,11-14H,4-10H2,1H3,(H,25,26,27);1H. The van der Waals surface area contributed by atoms with Gasteiger partial charge in [0.1, 0.15) is 17.3 Å². The Labute approximate surface area is 203 Å². The number of nitrogens with one attached hydrogen (secondary N) is 1. The first-order valence-corrected chi connectivity index (χ1v) is 10.8. The summed E-state index contributed by atoms with van der Waals surface area (Å²) in [5, 5.41) is 4.34. The van der Waals surface area contributed by atoms with Crippen molar-refractivity contribution >= 4 is 41.6 Å². The van der Waals surface area contributed by atoms with Gasteiger partial charge in [0.2, 0.25) is 5.95 Å². The third-order valence-corrected chi connectivity index (χ3v) is 5.79. The molecule has 0 unspecified atom stereocenters. The molecule has 3 aromatic rings. The molecule has 0 radical (unpaired) electrons. The average molecular weight is 500 g/mol. The van der Waals surface area contributed by atoms with Crippen LogP contribution in [0.5, 0.6) is 5.75 Å². The van der Waals surface area contributed by atoms with Crippen molar-refractivity contribution in [3.05, 3.63) is 58.0 Å². The summed E-state index contributed by atoms with van der Waals surface area (Å²) in [4.78, 5) is 11.2. The number of ether oxygens (including phenoxy) is 2. The van der Waals surface area contributed by atoms with Gasteiger partial charge in [-0.3, -0.25) is 4.90 Å². The highest BCUT2D eigenvalue weighted by molar-refractivity contribution is 6.36. The number of hydrogen-bond acceptors (Lipinski definition) is 7. The van der Waals surface area contributed by atoms with E-state index >= 15 is 0 Å². The highest BCUT2D eigenvalue weighted by atomic mass is 35.5. The molecule has 1 N–H and O–H groups in total. The fourth-order valence-electron chi connectivity index (χ4n) is 3.37. The van der Waals surface area contributed by atoms with Crippen LogP contribution in [0.1, 0.15) is 11.3 Å². The molecule has 1 aliphatic heterocycles. The molecule has 2 aromatic heterocycles. The van der Waals surface area contributed by atoms with Crippen molar-refractivity contribution in [2.75, 3.05) is 51.8 Å². The smallest absolute Gasteiger partial charge is 0.222 e. The minimum Gasteiger partial charge on any atom is -0.497 e. The number of morpholine rings is 1. The van der Waals surface area contributed by atoms with E-state index in [1.165, 1.54) is 0 Å². The van der Waals surface area contributed by atoms with Crippen LogP contribution >= 0.6 is 35.6 Å². The number of furan rings is 1. The maximum absolute atomic E-state index is 6.35. The number of methoxy groups -OCH3 is 1. The van der Waals surface area contributed by atoms with Gasteiger partial charge in [-0.15, -0.1) is 12.4 Å². The van der Waals surface area contributed by atoms with Gasteiger partial charge in [-0.1, -0.05) is 23.2 Å². The van der Waals surface area contributed by atoms with Crippen molar-refractivity contribution in [2.45, 2.75) is 6.42 Å². The van der Waals surface area contributed by atoms with E-state index in [2.05, 4.69) is 20.2 Å². The van der Waals surface area contributed by atoms with Crippen molar-refractivity contribution in [2.24, 2.45) is 0 Å². The third-order valence-electron chi connectivity index (χ3n) is 5.11. The normalized spacial score (nSPS) is 14.1. The Balaban J connectivity index is 0.00000289. The minimum absolute atomic E-state index is 0. The van der Waals surface area contributed by atoms with Gasteiger partial charge in [-0.2, -0.15) is 0 Å². The number of anilines is 1. The van der Waals surface area contributed by atoms with Crippen LogP contribution in [0.25, 0.3) is 11.3 Å². The lowest BCUT2D eigenvalue weighted by atomic mass is 10.1. The Morgan fingerprint density at radius 3 is 2.44 bits per heavy atom. The highest BCUT2D eigenvalue weighted by Crippen LogP contribution is 2.33. The molecule has 10 heteroatoms. The number of aromatic nitrogens is 2. The Morgan fingerprint density at radius 1 is 1.09 bits per heavy atom. The number of benzene rings is 1. The number of halogens is 3. The molecule has 1 aliphatic rings. The molecule has 0 atom stereocenters. The van der Waals surface area contributed by atoms with E-state index in [-0.39, 0.29) is 12.4 Å². The van der Waals surface area contributed by atoms with Gasteiger partial charge >= 0.3 is 0 Å². The second kappa shape index (κ2) is 11.7. The zero-order valence-corrected chi connectivity index (χ0v) is 20.0. The second-order valence-electron chi connectivity index (χ2n) is 7.19. The Kier molecular flexibility index (Phi) is 9.02. The molecule has 32 heavy (non-hydrogen) atoms. The lowest BCUT2D eigenvalue weighted by Crippen LogP contribution is -2.39. The van der Waals surface area contributed by atoms with Crippen molar-refractivity contribution in [3.8, 4) is 17.1 Å². The first kappa shape index (κ1) is 24.6. The van der Waals surface area contributed by atoms with Gasteiger partial charge in [0.15, 0.2) is 0 Å². The van der Waals surface area contributed by atoms with E-state index in [0.29, 0.717) is 33.9 Å². The molecule has 0 spiro atoms. The van der Waals surface area contributed by atoms with Crippen molar-refractivity contribution in [1.82, 2.24) is 14.9 Å². The Morgan fingerprint density at radius 2 is 1.78 bits per heavy atom. The quantitative estimate of drug-likeness (QED) is 0.477. The van der Waals surface area contributed by atoms with Gasteiger partial charge in [0.05, 0.1) is 25.9 Å². The summed E-state index contributed by atoms with van der Waals surface area (Å²) in [6.45, 7) is 5.26. The average Bonchev–Trinajstić information content (AvgIpc) is 3.26. The van der Waals surface area contributed by atoms with E-state index in [9.17, 15) is 0 Å². The summed E-state index contributed by atoms with van der Waals surface area (Å²) in [6.07, 6.45) is 3.98. The molecule has 3 heterocycles. The molecular weight excluding hydrogens is 475 g/mol. The van der Waals surface area contributed by atoms with Gasteiger partial charge in [-0.05, 0) is 29.8 Å². The van der Waals surface area contributed by atoms with Crippen molar-refractivity contribution in [1.29, 1.82) is 0 Å². The third kappa shape index (κ3) is 6.27. The molecule has 7 nitrogen and oxygen atoms in total. The molecule has 0 bridgehead atoms. The summed E-state index contributed by atoms with van der Waals surface area (Å²) in [5.74, 6) is 2.66. The second-order valence-corrected chi connectivity index (χ2v) is 8.00. The molecule has 0 saturated carbocycles. The molecule has 1 fully saturated rings. The van der Waals surface area contributed by atoms with Gasteiger partial charge in [-0.25, -0.2) is 9.97 Å². The SMILES string of the molecule is COc1cc(Cl)c(Cc2ccc(-c3cnc(NCCN4CCOCC4)nc3)o2)c(Cl)c1.Cl. The lowest BCUT2D eigenvalue weighted by Gasteiger charge is -2.26. The summed E-state index contributed by atoms with van der Waals surface area (Å²) < 4.78 is 16.5. The highest BCUT2D eigenvalue weighted by Gasteiger charge is 2.14. The summed E-state index contributed by atoms with van der Waals surface area (Å²) in [6, 6.07) is 7.28. The summed E-state index contributed by atoms with van der Waals surface area (Å²) in [5.41, 5.74) is 1.60. The van der Waals surface area contributed by atoms with Crippen LogP contribution in [0.2, 0.25) is 10.0 Å². The molecule has 172 valence electrons. The monoisotopic (exact) mass is 498 g/mol. The number of nitrogens with zero attached hydrogens (tertiary/aromatic N) is 3. The maximum Gasteiger partial charge on any atom is 0.222 e. The van der Waals surface area contributed by atoms with E-state index in [1.54, 1.807) is 31.6 Å². The van der Waals surface area contributed by atoms with E-state index in [4.69, 9.17) is 37.1 Å². The fraction of sp³-hybridized carbons (Fsp3) is 0.364. The van der Waals surface area contributed by atoms with Crippen LogP contribution in [-0.2, 0) is 11.2 Å². The van der Waals surface area contributed by atoms with Crippen LogP contribution in [0, 0.1) is 0 Å². The molecule has 1 saturated heterocycles. The topological polar surface area (TPSA) is 72.7 Å². The van der Waals surface area contributed by atoms with Crippen molar-refractivity contribution in [3.63, 3.8) is 0 Å². The van der Waals surface area contributed by atoms with Crippen LogP contribution in [0.4, 0.5) is 5.95 Å². The van der Waals surface area contributed by atoms with E-state index in [1.807, 2.05) is 12.1 Å². The molecule has 0 aliphatic carbocycles. The van der Waals surface area contributed by atoms with Gasteiger partial charge in [0.25, 0.3) is 0 Å². The summed E-state index contributed by atoms with van der Waals surface area (Å²) in [7, 11) is 1.58. The fourth-order valence-corrected chi connectivity index (χ4v) is 3.97. The zero-order valence-electron chi connectivity index (χ0n) is 17.6. The van der Waals surface area contributed by atoms with Crippen LogP contribution in [0.15, 0.2) is 41.1 Å². The van der Waals surface area contributed by atoms with E-state index in [0.717, 1.165) is 56.3 Å². The van der Waals surface area contributed by atoms with E-state index < -0.39 is 0 Å². The van der Waals surface area contributed by atoms with Crippen LogP contribution in [-0.4, -0.2) is 61.4 Å². The largest absolute Gasteiger partial charge is 0.497 e. The molecular formula is C22H25Cl3N4O3. The minimum atomic E-state index is 0.